The van der Waals surface area contributed by atoms with E-state index in [-0.39, 0.29) is 11.7 Å². The van der Waals surface area contributed by atoms with Gasteiger partial charge in [-0.05, 0) is 41.8 Å². The van der Waals surface area contributed by atoms with Crippen molar-refractivity contribution in [2.75, 3.05) is 5.75 Å². The number of pyridine rings is 1. The molecule has 1 amide bonds. The number of aromatic nitrogens is 1. The minimum Gasteiger partial charge on any atom is -0.352 e. The summed E-state index contributed by atoms with van der Waals surface area (Å²) in [4.78, 5) is 16.3. The average molecular weight is 332 g/mol. The van der Waals surface area contributed by atoms with E-state index in [1.807, 2.05) is 13.0 Å². The molecular formula is C17H20N2O3S. The molecule has 0 fully saturated rings. The van der Waals surface area contributed by atoms with E-state index >= 15 is 0 Å². The van der Waals surface area contributed by atoms with Gasteiger partial charge in [-0.3, -0.25) is 9.78 Å². The second-order valence-electron chi connectivity index (χ2n) is 5.30. The maximum absolute atomic E-state index is 12.0. The number of hydrogen-bond donors (Lipinski definition) is 1. The molecular weight excluding hydrogens is 312 g/mol. The molecule has 0 saturated carbocycles. The summed E-state index contributed by atoms with van der Waals surface area (Å²) in [7, 11) is -3.18. The van der Waals surface area contributed by atoms with Gasteiger partial charge in [0.2, 0.25) is 5.91 Å². The van der Waals surface area contributed by atoms with Gasteiger partial charge in [0.1, 0.15) is 0 Å². The molecule has 1 heterocycles. The highest BCUT2D eigenvalue weighted by Crippen LogP contribution is 2.12. The lowest BCUT2D eigenvalue weighted by Gasteiger charge is -2.08. The van der Waals surface area contributed by atoms with Crippen molar-refractivity contribution < 1.29 is 13.2 Å². The van der Waals surface area contributed by atoms with Crippen molar-refractivity contribution in [1.82, 2.24) is 10.3 Å². The SMILES string of the molecule is CCS(=O)(=O)c1ccc(CNC(=O)Cc2ccncc2C)cc1. The van der Waals surface area contributed by atoms with Crippen LogP contribution in [-0.2, 0) is 27.6 Å². The van der Waals surface area contributed by atoms with Crippen molar-refractivity contribution in [3.8, 4) is 0 Å². The van der Waals surface area contributed by atoms with E-state index in [4.69, 9.17) is 0 Å². The van der Waals surface area contributed by atoms with E-state index in [9.17, 15) is 13.2 Å². The lowest BCUT2D eigenvalue weighted by Crippen LogP contribution is -2.24. The number of hydrogen-bond acceptors (Lipinski definition) is 4. The van der Waals surface area contributed by atoms with Gasteiger partial charge in [-0.25, -0.2) is 8.42 Å². The highest BCUT2D eigenvalue weighted by molar-refractivity contribution is 7.91. The molecule has 0 bridgehead atoms. The molecule has 1 aromatic carbocycles. The van der Waals surface area contributed by atoms with Crippen LogP contribution in [0.5, 0.6) is 0 Å². The summed E-state index contributed by atoms with van der Waals surface area (Å²) in [5, 5.41) is 2.84. The normalized spacial score (nSPS) is 11.2. The first kappa shape index (κ1) is 17.1. The smallest absolute Gasteiger partial charge is 0.224 e. The van der Waals surface area contributed by atoms with E-state index in [0.717, 1.165) is 16.7 Å². The zero-order chi connectivity index (χ0) is 16.9. The van der Waals surface area contributed by atoms with Crippen LogP contribution in [0.1, 0.15) is 23.6 Å². The predicted octanol–water partition coefficient (Wildman–Crippen LogP) is 2.04. The zero-order valence-electron chi connectivity index (χ0n) is 13.2. The van der Waals surface area contributed by atoms with Crippen molar-refractivity contribution in [3.05, 3.63) is 59.4 Å². The lowest BCUT2D eigenvalue weighted by atomic mass is 10.1. The highest BCUT2D eigenvalue weighted by atomic mass is 32.2. The van der Waals surface area contributed by atoms with Gasteiger partial charge in [0.05, 0.1) is 17.1 Å². The van der Waals surface area contributed by atoms with E-state index in [0.29, 0.717) is 17.9 Å². The third kappa shape index (κ3) is 4.63. The van der Waals surface area contributed by atoms with Crippen LogP contribution in [0, 0.1) is 6.92 Å². The van der Waals surface area contributed by atoms with Crippen LogP contribution in [0.25, 0.3) is 0 Å². The van der Waals surface area contributed by atoms with E-state index in [2.05, 4.69) is 10.3 Å². The van der Waals surface area contributed by atoms with Gasteiger partial charge >= 0.3 is 0 Å². The Kier molecular flexibility index (Phi) is 5.50. The molecule has 1 N–H and O–H groups in total. The molecule has 5 nitrogen and oxygen atoms in total. The summed E-state index contributed by atoms with van der Waals surface area (Å²) in [5.41, 5.74) is 2.79. The van der Waals surface area contributed by atoms with Crippen LogP contribution in [0.4, 0.5) is 0 Å². The first-order valence-electron chi connectivity index (χ1n) is 7.40. The van der Waals surface area contributed by atoms with Crippen molar-refractivity contribution in [3.63, 3.8) is 0 Å². The number of nitrogens with one attached hydrogen (secondary N) is 1. The fourth-order valence-corrected chi connectivity index (χ4v) is 3.00. The van der Waals surface area contributed by atoms with Crippen LogP contribution in [0.15, 0.2) is 47.6 Å². The molecule has 0 unspecified atom stereocenters. The molecule has 0 radical (unpaired) electrons. The third-order valence-corrected chi connectivity index (χ3v) is 5.39. The summed E-state index contributed by atoms with van der Waals surface area (Å²) in [5.74, 6) is -0.00137. The zero-order valence-corrected chi connectivity index (χ0v) is 14.1. The predicted molar refractivity (Wildman–Crippen MR) is 88.7 cm³/mol. The second-order valence-corrected chi connectivity index (χ2v) is 7.58. The van der Waals surface area contributed by atoms with Gasteiger partial charge in [-0.1, -0.05) is 19.1 Å². The minimum atomic E-state index is -3.18. The number of aryl methyl sites for hydroxylation is 1. The van der Waals surface area contributed by atoms with Crippen LogP contribution in [0.3, 0.4) is 0 Å². The number of benzene rings is 1. The van der Waals surface area contributed by atoms with Gasteiger partial charge in [-0.15, -0.1) is 0 Å². The van der Waals surface area contributed by atoms with Crippen LogP contribution < -0.4 is 5.32 Å². The number of nitrogens with zero attached hydrogens (tertiary/aromatic N) is 1. The molecule has 0 aliphatic rings. The summed E-state index contributed by atoms with van der Waals surface area (Å²) < 4.78 is 23.5. The Morgan fingerprint density at radius 1 is 1.17 bits per heavy atom. The minimum absolute atomic E-state index is 0.0777. The Bertz CT molecular complexity index is 784. The molecule has 2 aromatic rings. The fourth-order valence-electron chi connectivity index (χ4n) is 2.12. The van der Waals surface area contributed by atoms with Crippen LogP contribution in [-0.4, -0.2) is 25.1 Å². The Morgan fingerprint density at radius 3 is 2.48 bits per heavy atom. The molecule has 122 valence electrons. The van der Waals surface area contributed by atoms with Crippen molar-refractivity contribution in [2.24, 2.45) is 0 Å². The molecule has 0 atom stereocenters. The first-order chi connectivity index (χ1) is 10.9. The molecule has 1 aromatic heterocycles. The van der Waals surface area contributed by atoms with E-state index in [1.54, 1.807) is 43.6 Å². The highest BCUT2D eigenvalue weighted by Gasteiger charge is 2.11. The van der Waals surface area contributed by atoms with Gasteiger partial charge in [0.25, 0.3) is 0 Å². The molecule has 23 heavy (non-hydrogen) atoms. The summed E-state index contributed by atoms with van der Waals surface area (Å²) >= 11 is 0. The lowest BCUT2D eigenvalue weighted by molar-refractivity contribution is -0.120. The number of carbonyl (C=O) groups excluding carboxylic acids is 1. The first-order valence-corrected chi connectivity index (χ1v) is 9.05. The molecule has 0 aliphatic carbocycles. The Hall–Kier alpha value is -2.21. The van der Waals surface area contributed by atoms with Gasteiger partial charge in [0.15, 0.2) is 9.84 Å². The van der Waals surface area contributed by atoms with Gasteiger partial charge in [-0.2, -0.15) is 0 Å². The van der Waals surface area contributed by atoms with Crippen molar-refractivity contribution >= 4 is 15.7 Å². The third-order valence-electron chi connectivity index (χ3n) is 3.64. The van der Waals surface area contributed by atoms with Crippen LogP contribution >= 0.6 is 0 Å². The topological polar surface area (TPSA) is 76.1 Å². The standard InChI is InChI=1S/C17H20N2O3S/c1-3-23(21,22)16-6-4-14(5-7-16)12-19-17(20)10-15-8-9-18-11-13(15)2/h4-9,11H,3,10,12H2,1-2H3,(H,19,20). The van der Waals surface area contributed by atoms with Crippen LogP contribution in [0.2, 0.25) is 0 Å². The number of rotatable bonds is 6. The quantitative estimate of drug-likeness (QED) is 0.878. The Labute approximate surface area is 136 Å². The van der Waals surface area contributed by atoms with E-state index in [1.165, 1.54) is 0 Å². The maximum atomic E-state index is 12.0. The number of amides is 1. The molecule has 0 spiro atoms. The molecule has 6 heteroatoms. The fraction of sp³-hybridized carbons (Fsp3) is 0.294. The van der Waals surface area contributed by atoms with E-state index < -0.39 is 9.84 Å². The van der Waals surface area contributed by atoms with Gasteiger partial charge < -0.3 is 5.32 Å². The van der Waals surface area contributed by atoms with Crippen molar-refractivity contribution in [1.29, 1.82) is 0 Å². The van der Waals surface area contributed by atoms with Gasteiger partial charge in [0, 0.05) is 18.9 Å². The van der Waals surface area contributed by atoms with Crippen molar-refractivity contribution in [2.45, 2.75) is 31.7 Å². The average Bonchev–Trinajstić information content (AvgIpc) is 2.55. The Morgan fingerprint density at radius 2 is 1.87 bits per heavy atom. The number of sulfone groups is 1. The molecule has 0 aliphatic heterocycles. The summed E-state index contributed by atoms with van der Waals surface area (Å²) in [6.07, 6.45) is 3.70. The maximum Gasteiger partial charge on any atom is 0.224 e. The largest absolute Gasteiger partial charge is 0.352 e. The Balaban J connectivity index is 1.93. The summed E-state index contributed by atoms with van der Waals surface area (Å²) in [6, 6.07) is 8.43. The monoisotopic (exact) mass is 332 g/mol. The number of carbonyl (C=O) groups is 1. The second kappa shape index (κ2) is 7.37. The molecule has 2 rings (SSSR count). The summed E-state index contributed by atoms with van der Waals surface area (Å²) in [6.45, 7) is 3.91. The molecule has 0 saturated heterocycles.